The summed E-state index contributed by atoms with van der Waals surface area (Å²) in [5, 5.41) is 6.38. The van der Waals surface area contributed by atoms with E-state index in [1.165, 1.54) is 14.2 Å². The summed E-state index contributed by atoms with van der Waals surface area (Å²) in [5.41, 5.74) is 1.32. The largest absolute Gasteiger partial charge is 0.495 e. The summed E-state index contributed by atoms with van der Waals surface area (Å²) in [6, 6.07) is 13.0. The van der Waals surface area contributed by atoms with E-state index in [2.05, 4.69) is 10.6 Å². The standard InChI is InChI=1S/C19H21ClN2O3/c1-24-16-12-15(17(25-2)11-14(16)20)21-18(23)22-19(9-6-10-19)13-7-4-3-5-8-13/h3-5,7-8,11-12H,6,9-10H2,1-2H3,(H2,21,22,23). The Morgan fingerprint density at radius 3 is 2.32 bits per heavy atom. The highest BCUT2D eigenvalue weighted by atomic mass is 35.5. The summed E-state index contributed by atoms with van der Waals surface area (Å²) in [5.74, 6) is 0.947. The lowest BCUT2D eigenvalue weighted by Crippen LogP contribution is -2.52. The van der Waals surface area contributed by atoms with Crippen LogP contribution in [0.2, 0.25) is 5.02 Å². The minimum absolute atomic E-state index is 0.286. The summed E-state index contributed by atoms with van der Waals surface area (Å²) in [6.45, 7) is 0. The van der Waals surface area contributed by atoms with E-state index in [0.717, 1.165) is 24.8 Å². The van der Waals surface area contributed by atoms with Gasteiger partial charge < -0.3 is 20.1 Å². The maximum absolute atomic E-state index is 12.6. The van der Waals surface area contributed by atoms with Crippen LogP contribution in [0.1, 0.15) is 24.8 Å². The first-order chi connectivity index (χ1) is 12.1. The molecule has 3 rings (SSSR count). The van der Waals surface area contributed by atoms with Gasteiger partial charge in [0, 0.05) is 12.1 Å². The van der Waals surface area contributed by atoms with Gasteiger partial charge in [-0.25, -0.2) is 4.79 Å². The predicted molar refractivity (Wildman–Crippen MR) is 98.7 cm³/mol. The molecule has 0 atom stereocenters. The van der Waals surface area contributed by atoms with Crippen LogP contribution >= 0.6 is 11.6 Å². The minimum Gasteiger partial charge on any atom is -0.495 e. The second kappa shape index (κ2) is 7.23. The molecule has 6 heteroatoms. The molecule has 1 fully saturated rings. The summed E-state index contributed by atoms with van der Waals surface area (Å²) >= 11 is 6.10. The molecule has 2 amide bonds. The smallest absolute Gasteiger partial charge is 0.320 e. The third-order valence-electron chi connectivity index (χ3n) is 4.61. The molecule has 0 aliphatic heterocycles. The third kappa shape index (κ3) is 3.51. The van der Waals surface area contributed by atoms with Gasteiger partial charge in [0.1, 0.15) is 11.5 Å². The Kier molecular flexibility index (Phi) is 5.04. The van der Waals surface area contributed by atoms with Crippen LogP contribution in [0.25, 0.3) is 0 Å². The van der Waals surface area contributed by atoms with E-state index in [9.17, 15) is 4.79 Å². The Morgan fingerprint density at radius 2 is 1.76 bits per heavy atom. The van der Waals surface area contributed by atoms with Crippen LogP contribution in [0.5, 0.6) is 11.5 Å². The lowest BCUT2D eigenvalue weighted by Gasteiger charge is -2.43. The van der Waals surface area contributed by atoms with E-state index in [1.807, 2.05) is 30.3 Å². The molecule has 0 heterocycles. The normalized spacial score (nSPS) is 15.0. The van der Waals surface area contributed by atoms with Gasteiger partial charge in [0.2, 0.25) is 0 Å². The van der Waals surface area contributed by atoms with Crippen molar-refractivity contribution in [1.29, 1.82) is 0 Å². The first kappa shape index (κ1) is 17.4. The molecule has 0 unspecified atom stereocenters. The molecule has 0 saturated heterocycles. The molecule has 1 aliphatic carbocycles. The first-order valence-corrected chi connectivity index (χ1v) is 8.52. The molecule has 0 aromatic heterocycles. The summed E-state index contributed by atoms with van der Waals surface area (Å²) < 4.78 is 10.5. The van der Waals surface area contributed by atoms with Gasteiger partial charge in [0.15, 0.2) is 0 Å². The highest BCUT2D eigenvalue weighted by molar-refractivity contribution is 6.32. The molecule has 0 bridgehead atoms. The fourth-order valence-electron chi connectivity index (χ4n) is 3.10. The molecule has 2 aromatic rings. The van der Waals surface area contributed by atoms with Crippen molar-refractivity contribution in [3.63, 3.8) is 0 Å². The molecular formula is C19H21ClN2O3. The monoisotopic (exact) mass is 360 g/mol. The van der Waals surface area contributed by atoms with Gasteiger partial charge in [0.05, 0.1) is 30.5 Å². The zero-order valence-electron chi connectivity index (χ0n) is 14.3. The number of urea groups is 1. The van der Waals surface area contributed by atoms with E-state index in [1.54, 1.807) is 12.1 Å². The minimum atomic E-state index is -0.310. The van der Waals surface area contributed by atoms with Gasteiger partial charge in [-0.1, -0.05) is 41.9 Å². The molecule has 0 radical (unpaired) electrons. The Hall–Kier alpha value is -2.40. The van der Waals surface area contributed by atoms with E-state index in [4.69, 9.17) is 21.1 Å². The lowest BCUT2D eigenvalue weighted by molar-refractivity contribution is 0.185. The quantitative estimate of drug-likeness (QED) is 0.821. The van der Waals surface area contributed by atoms with E-state index in [0.29, 0.717) is 22.2 Å². The van der Waals surface area contributed by atoms with Crippen LogP contribution < -0.4 is 20.1 Å². The molecule has 1 saturated carbocycles. The Balaban J connectivity index is 1.79. The van der Waals surface area contributed by atoms with E-state index < -0.39 is 0 Å². The van der Waals surface area contributed by atoms with Gasteiger partial charge in [0.25, 0.3) is 0 Å². The predicted octanol–water partition coefficient (Wildman–Crippen LogP) is 4.56. The highest BCUT2D eigenvalue weighted by Crippen LogP contribution is 2.41. The van der Waals surface area contributed by atoms with Crippen LogP contribution in [0, 0.1) is 0 Å². The van der Waals surface area contributed by atoms with Gasteiger partial charge in [-0.15, -0.1) is 0 Å². The number of anilines is 1. The second-order valence-corrected chi connectivity index (χ2v) is 6.48. The number of halogens is 1. The van der Waals surface area contributed by atoms with Gasteiger partial charge >= 0.3 is 6.03 Å². The fraction of sp³-hybridized carbons (Fsp3) is 0.316. The van der Waals surface area contributed by atoms with Crippen molar-refractivity contribution in [2.24, 2.45) is 0 Å². The zero-order chi connectivity index (χ0) is 17.9. The maximum atomic E-state index is 12.6. The number of carbonyl (C=O) groups is 1. The van der Waals surface area contributed by atoms with Crippen molar-refractivity contribution >= 4 is 23.3 Å². The number of carbonyl (C=O) groups excluding carboxylic acids is 1. The van der Waals surface area contributed by atoms with Crippen LogP contribution in [-0.4, -0.2) is 20.3 Å². The highest BCUT2D eigenvalue weighted by Gasteiger charge is 2.40. The zero-order valence-corrected chi connectivity index (χ0v) is 15.0. The number of hydrogen-bond acceptors (Lipinski definition) is 3. The number of amides is 2. The van der Waals surface area contributed by atoms with Crippen molar-refractivity contribution in [1.82, 2.24) is 5.32 Å². The van der Waals surface area contributed by atoms with Gasteiger partial charge in [-0.2, -0.15) is 0 Å². The van der Waals surface area contributed by atoms with E-state index >= 15 is 0 Å². The summed E-state index contributed by atoms with van der Waals surface area (Å²) in [7, 11) is 3.05. The molecule has 132 valence electrons. The average Bonchev–Trinajstić information content (AvgIpc) is 2.60. The van der Waals surface area contributed by atoms with Gasteiger partial charge in [-0.05, 0) is 24.8 Å². The number of benzene rings is 2. The lowest BCUT2D eigenvalue weighted by atomic mass is 9.72. The molecular weight excluding hydrogens is 340 g/mol. The summed E-state index contributed by atoms with van der Waals surface area (Å²) in [4.78, 5) is 12.6. The van der Waals surface area contributed by atoms with E-state index in [-0.39, 0.29) is 11.6 Å². The molecule has 0 spiro atoms. The molecule has 2 N–H and O–H groups in total. The third-order valence-corrected chi connectivity index (χ3v) is 4.90. The van der Waals surface area contributed by atoms with Crippen LogP contribution in [-0.2, 0) is 5.54 Å². The van der Waals surface area contributed by atoms with Crippen molar-refractivity contribution in [3.05, 3.63) is 53.1 Å². The van der Waals surface area contributed by atoms with Crippen LogP contribution in [0.3, 0.4) is 0 Å². The Morgan fingerprint density at radius 1 is 1.08 bits per heavy atom. The molecule has 2 aromatic carbocycles. The number of methoxy groups -OCH3 is 2. The fourth-order valence-corrected chi connectivity index (χ4v) is 3.33. The number of hydrogen-bond donors (Lipinski definition) is 2. The van der Waals surface area contributed by atoms with Crippen molar-refractivity contribution in [2.45, 2.75) is 24.8 Å². The molecule has 5 nitrogen and oxygen atoms in total. The topological polar surface area (TPSA) is 59.6 Å². The average molecular weight is 361 g/mol. The summed E-state index contributed by atoms with van der Waals surface area (Å²) in [6.07, 6.45) is 2.93. The molecule has 25 heavy (non-hydrogen) atoms. The number of nitrogens with one attached hydrogen (secondary N) is 2. The molecule has 1 aliphatic rings. The Bertz CT molecular complexity index is 761. The number of ether oxygens (including phenoxy) is 2. The van der Waals surface area contributed by atoms with Crippen molar-refractivity contribution in [2.75, 3.05) is 19.5 Å². The van der Waals surface area contributed by atoms with Crippen LogP contribution in [0.4, 0.5) is 10.5 Å². The van der Waals surface area contributed by atoms with Gasteiger partial charge in [-0.3, -0.25) is 0 Å². The van der Waals surface area contributed by atoms with Crippen molar-refractivity contribution in [3.8, 4) is 11.5 Å². The SMILES string of the molecule is COc1cc(NC(=O)NC2(c3ccccc3)CCC2)c(OC)cc1Cl. The number of rotatable bonds is 5. The second-order valence-electron chi connectivity index (χ2n) is 6.07. The van der Waals surface area contributed by atoms with Crippen LogP contribution in [0.15, 0.2) is 42.5 Å². The Labute approximate surface area is 152 Å². The maximum Gasteiger partial charge on any atom is 0.320 e. The van der Waals surface area contributed by atoms with Crippen molar-refractivity contribution < 1.29 is 14.3 Å². The first-order valence-electron chi connectivity index (χ1n) is 8.14.